The fraction of sp³-hybridized carbons (Fsp3) is 0.375. The van der Waals surface area contributed by atoms with Gasteiger partial charge in [0.25, 0.3) is 5.56 Å². The molecule has 1 saturated heterocycles. The first-order valence-electron chi connectivity index (χ1n) is 11.2. The first kappa shape index (κ1) is 21.4. The molecule has 172 valence electrons. The lowest BCUT2D eigenvalue weighted by molar-refractivity contribution is 0.188. The van der Waals surface area contributed by atoms with E-state index in [0.717, 1.165) is 47.1 Å². The Kier molecular flexibility index (Phi) is 5.51. The van der Waals surface area contributed by atoms with Gasteiger partial charge in [0.15, 0.2) is 11.2 Å². The highest BCUT2D eigenvalue weighted by molar-refractivity contribution is 5.86. The number of imidazole rings is 1. The lowest BCUT2D eigenvalue weighted by Gasteiger charge is -2.35. The lowest BCUT2D eigenvalue weighted by Crippen LogP contribution is -2.48. The van der Waals surface area contributed by atoms with Gasteiger partial charge in [-0.25, -0.2) is 4.79 Å². The number of fused-ring (bicyclic) bond motifs is 2. The second-order valence-corrected chi connectivity index (χ2v) is 8.57. The van der Waals surface area contributed by atoms with Gasteiger partial charge in [-0.1, -0.05) is 42.5 Å². The van der Waals surface area contributed by atoms with E-state index in [0.29, 0.717) is 30.2 Å². The molecule has 33 heavy (non-hydrogen) atoms. The number of aliphatic hydroxyl groups is 1. The van der Waals surface area contributed by atoms with Crippen LogP contribution in [0.25, 0.3) is 21.9 Å². The summed E-state index contributed by atoms with van der Waals surface area (Å²) in [7, 11) is 3.16. The standard InChI is InChI=1S/C24H28N6O3/c1-26-21-20(22(32)27(2)24(26)33)30(16-18-8-5-7-17-6-3-4-9-19(17)18)23(25-21)29-12-10-28(11-13-29)14-15-31/h3-9,31H,10-16H2,1-2H3. The maximum Gasteiger partial charge on any atom is 0.332 e. The number of aromatic nitrogens is 4. The largest absolute Gasteiger partial charge is 0.395 e. The van der Waals surface area contributed by atoms with Crippen molar-refractivity contribution < 1.29 is 5.11 Å². The molecule has 0 unspecified atom stereocenters. The highest BCUT2D eigenvalue weighted by Crippen LogP contribution is 2.25. The smallest absolute Gasteiger partial charge is 0.332 e. The number of aryl methyl sites for hydroxylation is 1. The van der Waals surface area contributed by atoms with E-state index in [-0.39, 0.29) is 17.9 Å². The summed E-state index contributed by atoms with van der Waals surface area (Å²) in [5.41, 5.74) is 1.19. The summed E-state index contributed by atoms with van der Waals surface area (Å²) >= 11 is 0. The summed E-state index contributed by atoms with van der Waals surface area (Å²) in [4.78, 5) is 35.0. The monoisotopic (exact) mass is 448 g/mol. The van der Waals surface area contributed by atoms with Gasteiger partial charge in [-0.05, 0) is 16.3 Å². The van der Waals surface area contributed by atoms with E-state index in [1.165, 1.54) is 11.6 Å². The van der Waals surface area contributed by atoms with Crippen LogP contribution in [0.1, 0.15) is 5.56 Å². The molecule has 4 aromatic rings. The van der Waals surface area contributed by atoms with Crippen molar-refractivity contribution in [2.45, 2.75) is 6.54 Å². The molecule has 0 saturated carbocycles. The Balaban J connectivity index is 1.68. The SMILES string of the molecule is Cn1c(=O)c2c(nc(N3CCN(CCO)CC3)n2Cc2cccc3ccccc23)n(C)c1=O. The maximum atomic E-state index is 13.2. The zero-order valence-corrected chi connectivity index (χ0v) is 18.9. The molecule has 0 atom stereocenters. The zero-order chi connectivity index (χ0) is 23.1. The van der Waals surface area contributed by atoms with Gasteiger partial charge in [-0.2, -0.15) is 4.98 Å². The van der Waals surface area contributed by atoms with E-state index in [2.05, 4.69) is 34.1 Å². The fourth-order valence-electron chi connectivity index (χ4n) is 4.74. The van der Waals surface area contributed by atoms with Crippen LogP contribution in [0.15, 0.2) is 52.1 Å². The minimum Gasteiger partial charge on any atom is -0.395 e. The van der Waals surface area contributed by atoms with E-state index in [1.807, 2.05) is 22.8 Å². The second kappa shape index (κ2) is 8.49. The summed E-state index contributed by atoms with van der Waals surface area (Å²) in [5.74, 6) is 0.694. The summed E-state index contributed by atoms with van der Waals surface area (Å²) in [6.07, 6.45) is 0. The molecule has 0 amide bonds. The molecule has 9 nitrogen and oxygen atoms in total. The molecular formula is C24H28N6O3. The third-order valence-corrected chi connectivity index (χ3v) is 6.61. The molecule has 9 heteroatoms. The number of nitrogens with zero attached hydrogens (tertiary/aromatic N) is 6. The predicted octanol–water partition coefficient (Wildman–Crippen LogP) is 0.749. The van der Waals surface area contributed by atoms with Crippen LogP contribution in [0, 0.1) is 0 Å². The molecule has 1 N–H and O–H groups in total. The van der Waals surface area contributed by atoms with Crippen molar-refractivity contribution in [1.29, 1.82) is 0 Å². The molecular weight excluding hydrogens is 420 g/mol. The number of hydrogen-bond acceptors (Lipinski definition) is 6. The van der Waals surface area contributed by atoms with Crippen molar-refractivity contribution in [3.8, 4) is 0 Å². The van der Waals surface area contributed by atoms with E-state index in [4.69, 9.17) is 4.98 Å². The van der Waals surface area contributed by atoms with Gasteiger partial charge < -0.3 is 10.0 Å². The Hall–Kier alpha value is -3.43. The molecule has 3 heterocycles. The van der Waals surface area contributed by atoms with Gasteiger partial charge in [-0.3, -0.25) is 23.4 Å². The van der Waals surface area contributed by atoms with Gasteiger partial charge in [0, 0.05) is 46.8 Å². The highest BCUT2D eigenvalue weighted by Gasteiger charge is 2.25. The minimum atomic E-state index is -0.387. The third kappa shape index (κ3) is 3.63. The van der Waals surface area contributed by atoms with Crippen molar-refractivity contribution in [3.05, 3.63) is 68.9 Å². The summed E-state index contributed by atoms with van der Waals surface area (Å²) in [5, 5.41) is 11.5. The third-order valence-electron chi connectivity index (χ3n) is 6.61. The molecule has 0 aliphatic carbocycles. The Morgan fingerprint density at radius 3 is 2.42 bits per heavy atom. The van der Waals surface area contributed by atoms with Crippen LogP contribution >= 0.6 is 0 Å². The first-order valence-corrected chi connectivity index (χ1v) is 11.2. The summed E-state index contributed by atoms with van der Waals surface area (Å²) in [6.45, 7) is 4.31. The van der Waals surface area contributed by atoms with Crippen molar-refractivity contribution >= 4 is 27.9 Å². The first-order chi connectivity index (χ1) is 16.0. The summed E-state index contributed by atoms with van der Waals surface area (Å²) < 4.78 is 4.55. The van der Waals surface area contributed by atoms with Gasteiger partial charge in [0.1, 0.15) is 0 Å². The van der Waals surface area contributed by atoms with Crippen molar-refractivity contribution in [2.75, 3.05) is 44.2 Å². The molecule has 0 bridgehead atoms. The molecule has 5 rings (SSSR count). The van der Waals surface area contributed by atoms with Crippen molar-refractivity contribution in [3.63, 3.8) is 0 Å². The number of piperazine rings is 1. The summed E-state index contributed by atoms with van der Waals surface area (Å²) in [6, 6.07) is 14.4. The van der Waals surface area contributed by atoms with E-state index < -0.39 is 0 Å². The molecule has 2 aromatic carbocycles. The molecule has 1 fully saturated rings. The number of β-amino-alcohol motifs (C(OH)–C–C–N with tert-alkyl or cyclic N) is 1. The number of benzene rings is 2. The van der Waals surface area contributed by atoms with Crippen molar-refractivity contribution in [2.24, 2.45) is 14.1 Å². The van der Waals surface area contributed by atoms with Gasteiger partial charge >= 0.3 is 5.69 Å². The molecule has 2 aromatic heterocycles. The number of hydrogen-bond donors (Lipinski definition) is 1. The Morgan fingerprint density at radius 1 is 0.939 bits per heavy atom. The van der Waals surface area contributed by atoms with Crippen LogP contribution in [0.3, 0.4) is 0 Å². The molecule has 1 aliphatic heterocycles. The van der Waals surface area contributed by atoms with Crippen LogP contribution in [-0.4, -0.2) is 68.0 Å². The van der Waals surface area contributed by atoms with Gasteiger partial charge in [-0.15, -0.1) is 0 Å². The number of rotatable bonds is 5. The number of aliphatic hydroxyl groups excluding tert-OH is 1. The van der Waals surface area contributed by atoms with E-state index in [9.17, 15) is 14.7 Å². The van der Waals surface area contributed by atoms with E-state index in [1.54, 1.807) is 7.05 Å². The van der Waals surface area contributed by atoms with Crippen LogP contribution in [-0.2, 0) is 20.6 Å². The zero-order valence-electron chi connectivity index (χ0n) is 18.9. The second-order valence-electron chi connectivity index (χ2n) is 8.57. The Labute approximate surface area is 190 Å². The molecule has 1 aliphatic rings. The predicted molar refractivity (Wildman–Crippen MR) is 129 cm³/mol. The molecule has 0 radical (unpaired) electrons. The van der Waals surface area contributed by atoms with Crippen LogP contribution < -0.4 is 16.1 Å². The van der Waals surface area contributed by atoms with Crippen molar-refractivity contribution in [1.82, 2.24) is 23.6 Å². The van der Waals surface area contributed by atoms with Crippen LogP contribution in [0.5, 0.6) is 0 Å². The average molecular weight is 449 g/mol. The lowest BCUT2D eigenvalue weighted by atomic mass is 10.0. The minimum absolute atomic E-state index is 0.137. The number of anilines is 1. The topological polar surface area (TPSA) is 88.5 Å². The van der Waals surface area contributed by atoms with Crippen LogP contribution in [0.2, 0.25) is 0 Å². The van der Waals surface area contributed by atoms with Crippen LogP contribution in [0.4, 0.5) is 5.95 Å². The normalized spacial score (nSPS) is 15.1. The Bertz CT molecular complexity index is 1440. The Morgan fingerprint density at radius 2 is 1.67 bits per heavy atom. The fourth-order valence-corrected chi connectivity index (χ4v) is 4.74. The average Bonchev–Trinajstić information content (AvgIpc) is 3.21. The maximum absolute atomic E-state index is 13.2. The van der Waals surface area contributed by atoms with Gasteiger partial charge in [0.05, 0.1) is 13.2 Å². The quantitative estimate of drug-likeness (QED) is 0.485. The van der Waals surface area contributed by atoms with E-state index >= 15 is 0 Å². The highest BCUT2D eigenvalue weighted by atomic mass is 16.3. The van der Waals surface area contributed by atoms with Gasteiger partial charge in [0.2, 0.25) is 5.95 Å². The molecule has 0 spiro atoms.